The Balaban J connectivity index is 1.66. The van der Waals surface area contributed by atoms with Gasteiger partial charge in [-0.1, -0.05) is 64.8 Å². The number of amides is 2. The first kappa shape index (κ1) is 21.9. The monoisotopic (exact) mass is 470 g/mol. The first-order valence-electron chi connectivity index (χ1n) is 11.0. The van der Waals surface area contributed by atoms with E-state index in [0.717, 1.165) is 33.5 Å². The summed E-state index contributed by atoms with van der Waals surface area (Å²) >= 11 is 6.11. The molecule has 3 aromatic carbocycles. The average Bonchev–Trinajstić information content (AvgIpc) is 3.29. The predicted molar refractivity (Wildman–Crippen MR) is 133 cm³/mol. The van der Waals surface area contributed by atoms with Gasteiger partial charge in [0, 0.05) is 16.3 Å². The van der Waals surface area contributed by atoms with E-state index in [2.05, 4.69) is 10.5 Å². The highest BCUT2D eigenvalue weighted by molar-refractivity contribution is 6.30. The van der Waals surface area contributed by atoms with Crippen LogP contribution in [0.5, 0.6) is 0 Å². The third-order valence-corrected chi connectivity index (χ3v) is 6.13. The third kappa shape index (κ3) is 4.08. The van der Waals surface area contributed by atoms with Crippen LogP contribution in [0.1, 0.15) is 35.5 Å². The van der Waals surface area contributed by atoms with Gasteiger partial charge in [-0.3, -0.25) is 4.90 Å². The Labute approximate surface area is 202 Å². The second-order valence-corrected chi connectivity index (χ2v) is 8.84. The maximum atomic E-state index is 13.3. The highest BCUT2D eigenvalue weighted by atomic mass is 35.5. The SMILES string of the molecule is CC1=C(c2nc(-c3cccc(C)c3)no2)C(c2ccc(Cl)cc2)NC(=O)N1c1cccc(C)c1. The maximum Gasteiger partial charge on any atom is 0.326 e. The van der Waals surface area contributed by atoms with E-state index in [1.165, 1.54) is 0 Å². The molecule has 1 aliphatic heterocycles. The number of anilines is 1. The van der Waals surface area contributed by atoms with Crippen LogP contribution in [0.3, 0.4) is 0 Å². The fourth-order valence-electron chi connectivity index (χ4n) is 4.24. The van der Waals surface area contributed by atoms with E-state index >= 15 is 0 Å². The van der Waals surface area contributed by atoms with Gasteiger partial charge in [-0.15, -0.1) is 0 Å². The fraction of sp³-hybridized carbons (Fsp3) is 0.148. The van der Waals surface area contributed by atoms with Gasteiger partial charge < -0.3 is 9.84 Å². The number of urea groups is 1. The van der Waals surface area contributed by atoms with Crippen molar-refractivity contribution in [3.05, 3.63) is 106 Å². The van der Waals surface area contributed by atoms with Gasteiger partial charge in [0.1, 0.15) is 0 Å². The molecule has 0 saturated heterocycles. The Morgan fingerprint density at radius 1 is 0.941 bits per heavy atom. The molecule has 0 saturated carbocycles. The average molecular weight is 471 g/mol. The third-order valence-electron chi connectivity index (χ3n) is 5.88. The summed E-state index contributed by atoms with van der Waals surface area (Å²) in [5.74, 6) is 0.847. The first-order valence-corrected chi connectivity index (χ1v) is 11.3. The van der Waals surface area contributed by atoms with Crippen molar-refractivity contribution in [3.63, 3.8) is 0 Å². The summed E-state index contributed by atoms with van der Waals surface area (Å²) in [6.07, 6.45) is 0. The number of hydrogen-bond donors (Lipinski definition) is 1. The molecule has 4 aromatic rings. The minimum Gasteiger partial charge on any atom is -0.334 e. The van der Waals surface area contributed by atoms with Crippen molar-refractivity contribution < 1.29 is 9.32 Å². The lowest BCUT2D eigenvalue weighted by Crippen LogP contribution is -2.46. The zero-order valence-electron chi connectivity index (χ0n) is 19.0. The van der Waals surface area contributed by atoms with Crippen molar-refractivity contribution >= 4 is 28.9 Å². The first-order chi connectivity index (χ1) is 16.4. The second kappa shape index (κ2) is 8.80. The molecular formula is C27H23ClN4O2. The van der Waals surface area contributed by atoms with Crippen LogP contribution in [0, 0.1) is 13.8 Å². The number of nitrogens with zero attached hydrogens (tertiary/aromatic N) is 3. The minimum atomic E-state index is -0.475. The van der Waals surface area contributed by atoms with E-state index < -0.39 is 6.04 Å². The molecule has 170 valence electrons. The molecule has 34 heavy (non-hydrogen) atoms. The van der Waals surface area contributed by atoms with E-state index in [1.807, 2.05) is 81.4 Å². The van der Waals surface area contributed by atoms with Gasteiger partial charge in [0.25, 0.3) is 5.89 Å². The molecule has 1 atom stereocenters. The molecule has 0 bridgehead atoms. The standard InChI is InChI=1S/C27H23ClN4O2/c1-16-6-4-8-20(14-16)25-30-26(34-31-25)23-18(3)32(22-9-5-7-17(2)15-22)27(33)29-24(23)19-10-12-21(28)13-11-19/h4-15,24H,1-3H3,(H,29,33). The lowest BCUT2D eigenvalue weighted by molar-refractivity contribution is 0.244. The Kier molecular flexibility index (Phi) is 5.67. The van der Waals surface area contributed by atoms with Gasteiger partial charge in [-0.25, -0.2) is 4.79 Å². The lowest BCUT2D eigenvalue weighted by Gasteiger charge is -2.35. The highest BCUT2D eigenvalue weighted by Crippen LogP contribution is 2.39. The van der Waals surface area contributed by atoms with Crippen molar-refractivity contribution in [3.8, 4) is 11.4 Å². The van der Waals surface area contributed by atoms with Crippen molar-refractivity contribution in [2.24, 2.45) is 0 Å². The Bertz CT molecular complexity index is 1410. The molecule has 0 fully saturated rings. The van der Waals surface area contributed by atoms with Crippen molar-refractivity contribution in [2.45, 2.75) is 26.8 Å². The Hall–Kier alpha value is -3.90. The number of halogens is 1. The number of aromatic nitrogens is 2. The normalized spacial score (nSPS) is 16.1. The summed E-state index contributed by atoms with van der Waals surface area (Å²) in [4.78, 5) is 19.7. The molecule has 6 nitrogen and oxygen atoms in total. The summed E-state index contributed by atoms with van der Waals surface area (Å²) in [5.41, 5.74) is 6.11. The van der Waals surface area contributed by atoms with Gasteiger partial charge in [0.05, 0.1) is 17.3 Å². The van der Waals surface area contributed by atoms with Crippen molar-refractivity contribution in [1.82, 2.24) is 15.5 Å². The summed E-state index contributed by atoms with van der Waals surface area (Å²) in [5, 5.41) is 7.97. The maximum absolute atomic E-state index is 13.3. The van der Waals surface area contributed by atoms with Gasteiger partial charge in [-0.2, -0.15) is 4.98 Å². The molecule has 2 heterocycles. The molecule has 7 heteroatoms. The topological polar surface area (TPSA) is 71.3 Å². The van der Waals surface area contributed by atoms with Crippen LogP contribution >= 0.6 is 11.6 Å². The predicted octanol–water partition coefficient (Wildman–Crippen LogP) is 6.71. The van der Waals surface area contributed by atoms with Crippen LogP contribution in [0.2, 0.25) is 5.02 Å². The van der Waals surface area contributed by atoms with Gasteiger partial charge >= 0.3 is 6.03 Å². The zero-order chi connectivity index (χ0) is 23.8. The van der Waals surface area contributed by atoms with E-state index in [0.29, 0.717) is 22.4 Å². The smallest absolute Gasteiger partial charge is 0.326 e. The molecule has 0 aliphatic carbocycles. The number of benzene rings is 3. The van der Waals surface area contributed by atoms with Crippen LogP contribution in [0.15, 0.2) is 83.0 Å². The van der Waals surface area contributed by atoms with Gasteiger partial charge in [0.2, 0.25) is 5.82 Å². The summed E-state index contributed by atoms with van der Waals surface area (Å²) < 4.78 is 5.76. The largest absolute Gasteiger partial charge is 0.334 e. The van der Waals surface area contributed by atoms with Crippen LogP contribution in [-0.2, 0) is 0 Å². The van der Waals surface area contributed by atoms with E-state index in [-0.39, 0.29) is 6.03 Å². The number of hydrogen-bond acceptors (Lipinski definition) is 4. The molecule has 1 N–H and O–H groups in total. The molecule has 1 aromatic heterocycles. The molecule has 5 rings (SSSR count). The van der Waals surface area contributed by atoms with Gasteiger partial charge in [0.15, 0.2) is 0 Å². The molecule has 0 spiro atoms. The van der Waals surface area contributed by atoms with Crippen LogP contribution in [-0.4, -0.2) is 16.2 Å². The summed E-state index contributed by atoms with van der Waals surface area (Å²) in [6, 6.07) is 22.4. The van der Waals surface area contributed by atoms with E-state index in [9.17, 15) is 4.79 Å². The molecular weight excluding hydrogens is 448 g/mol. The van der Waals surface area contributed by atoms with Crippen molar-refractivity contribution in [2.75, 3.05) is 4.90 Å². The molecule has 2 amide bonds. The minimum absolute atomic E-state index is 0.231. The number of rotatable bonds is 4. The van der Waals surface area contributed by atoms with Crippen LogP contribution in [0.25, 0.3) is 17.0 Å². The summed E-state index contributed by atoms with van der Waals surface area (Å²) in [6.45, 7) is 5.91. The second-order valence-electron chi connectivity index (χ2n) is 8.40. The number of allylic oxidation sites excluding steroid dienone is 1. The van der Waals surface area contributed by atoms with Gasteiger partial charge in [-0.05, 0) is 62.2 Å². The quantitative estimate of drug-likeness (QED) is 0.360. The zero-order valence-corrected chi connectivity index (χ0v) is 19.8. The molecule has 0 radical (unpaired) electrons. The summed E-state index contributed by atoms with van der Waals surface area (Å²) in [7, 11) is 0. The van der Waals surface area contributed by atoms with Crippen LogP contribution in [0.4, 0.5) is 10.5 Å². The Morgan fingerprint density at radius 3 is 2.35 bits per heavy atom. The number of nitrogens with one attached hydrogen (secondary N) is 1. The van der Waals surface area contributed by atoms with E-state index in [4.69, 9.17) is 21.1 Å². The Morgan fingerprint density at radius 2 is 1.65 bits per heavy atom. The molecule has 1 unspecified atom stereocenters. The number of carbonyl (C=O) groups excluding carboxylic acids is 1. The fourth-order valence-corrected chi connectivity index (χ4v) is 4.36. The number of carbonyl (C=O) groups is 1. The lowest BCUT2D eigenvalue weighted by atomic mass is 9.94. The van der Waals surface area contributed by atoms with E-state index in [1.54, 1.807) is 17.0 Å². The number of aryl methyl sites for hydroxylation is 2. The highest BCUT2D eigenvalue weighted by Gasteiger charge is 2.36. The van der Waals surface area contributed by atoms with Crippen LogP contribution < -0.4 is 10.2 Å². The van der Waals surface area contributed by atoms with Crippen molar-refractivity contribution in [1.29, 1.82) is 0 Å². The molecule has 1 aliphatic rings.